The number of anilines is 1. The fourth-order valence-electron chi connectivity index (χ4n) is 2.14. The summed E-state index contributed by atoms with van der Waals surface area (Å²) in [6, 6.07) is 5.66. The fraction of sp³-hybridized carbons (Fsp3) is 0.571. The largest absolute Gasteiger partial charge is 0.458 e. The monoisotopic (exact) mass is 248 g/mol. The topological polar surface area (TPSA) is 51.2 Å². The number of ether oxygens (including phenoxy) is 1. The van der Waals surface area contributed by atoms with Gasteiger partial charge < -0.3 is 10.1 Å². The van der Waals surface area contributed by atoms with Crippen LogP contribution in [0.15, 0.2) is 18.2 Å². The van der Waals surface area contributed by atoms with E-state index in [1.807, 2.05) is 26.0 Å². The number of esters is 1. The van der Waals surface area contributed by atoms with Gasteiger partial charge in [-0.1, -0.05) is 6.07 Å². The van der Waals surface area contributed by atoms with Crippen LogP contribution >= 0.6 is 0 Å². The van der Waals surface area contributed by atoms with E-state index >= 15 is 0 Å². The second-order valence-corrected chi connectivity index (χ2v) is 5.02. The minimum Gasteiger partial charge on any atom is -0.458 e. The molecule has 0 aromatic carbocycles. The highest BCUT2D eigenvalue weighted by Crippen LogP contribution is 2.22. The molecular weight excluding hydrogens is 228 g/mol. The standard InChI is InChI=1S/C14H20N2O2/c1-10(2)15-13-9-5-8-12(16-13)14(17)18-11-6-3-4-7-11/h5,8-11H,3-4,6-7H2,1-2H3,(H,15,16). The summed E-state index contributed by atoms with van der Waals surface area (Å²) in [6.07, 6.45) is 4.35. The minimum absolute atomic E-state index is 0.0843. The normalized spacial score (nSPS) is 15.9. The van der Waals surface area contributed by atoms with Crippen LogP contribution in [0.2, 0.25) is 0 Å². The van der Waals surface area contributed by atoms with Gasteiger partial charge in [-0.3, -0.25) is 0 Å². The van der Waals surface area contributed by atoms with Crippen LogP contribution in [0.3, 0.4) is 0 Å². The zero-order valence-corrected chi connectivity index (χ0v) is 11.0. The van der Waals surface area contributed by atoms with Crippen LogP contribution in [0.4, 0.5) is 5.82 Å². The van der Waals surface area contributed by atoms with Gasteiger partial charge in [0.25, 0.3) is 0 Å². The Balaban J connectivity index is 2.00. The first-order valence-electron chi connectivity index (χ1n) is 6.60. The summed E-state index contributed by atoms with van der Waals surface area (Å²) < 4.78 is 5.43. The number of nitrogens with one attached hydrogen (secondary N) is 1. The molecule has 1 heterocycles. The van der Waals surface area contributed by atoms with E-state index in [4.69, 9.17) is 4.74 Å². The van der Waals surface area contributed by atoms with Gasteiger partial charge in [0.05, 0.1) is 0 Å². The van der Waals surface area contributed by atoms with Gasteiger partial charge in [0, 0.05) is 6.04 Å². The van der Waals surface area contributed by atoms with Crippen molar-refractivity contribution in [2.75, 3.05) is 5.32 Å². The highest BCUT2D eigenvalue weighted by atomic mass is 16.5. The molecular formula is C14H20N2O2. The van der Waals surface area contributed by atoms with E-state index < -0.39 is 0 Å². The molecule has 1 saturated carbocycles. The third kappa shape index (κ3) is 3.45. The summed E-state index contributed by atoms with van der Waals surface area (Å²) in [6.45, 7) is 4.07. The van der Waals surface area contributed by atoms with Gasteiger partial charge in [0.1, 0.15) is 11.9 Å². The van der Waals surface area contributed by atoms with Crippen LogP contribution in [0.1, 0.15) is 50.0 Å². The highest BCUT2D eigenvalue weighted by molar-refractivity contribution is 5.87. The molecule has 1 aromatic heterocycles. The summed E-state index contributed by atoms with van der Waals surface area (Å²) >= 11 is 0. The predicted molar refractivity (Wildman–Crippen MR) is 70.7 cm³/mol. The van der Waals surface area contributed by atoms with Gasteiger partial charge in [0.15, 0.2) is 5.69 Å². The molecule has 0 amide bonds. The second-order valence-electron chi connectivity index (χ2n) is 5.02. The third-order valence-electron chi connectivity index (χ3n) is 2.97. The maximum Gasteiger partial charge on any atom is 0.357 e. The molecule has 1 N–H and O–H groups in total. The van der Waals surface area contributed by atoms with Crippen LogP contribution in [0.25, 0.3) is 0 Å². The molecule has 1 aliphatic carbocycles. The van der Waals surface area contributed by atoms with Crippen molar-refractivity contribution in [3.8, 4) is 0 Å². The Kier molecular flexibility index (Phi) is 4.18. The van der Waals surface area contributed by atoms with E-state index in [0.717, 1.165) is 25.7 Å². The number of hydrogen-bond acceptors (Lipinski definition) is 4. The first kappa shape index (κ1) is 12.9. The number of carbonyl (C=O) groups excluding carboxylic acids is 1. The van der Waals surface area contributed by atoms with Crippen molar-refractivity contribution in [1.82, 2.24) is 4.98 Å². The SMILES string of the molecule is CC(C)Nc1cccc(C(=O)OC2CCCC2)n1. The van der Waals surface area contributed by atoms with Crippen LogP contribution < -0.4 is 5.32 Å². The van der Waals surface area contributed by atoms with Crippen molar-refractivity contribution in [3.63, 3.8) is 0 Å². The van der Waals surface area contributed by atoms with E-state index in [1.165, 1.54) is 0 Å². The lowest BCUT2D eigenvalue weighted by Crippen LogP contribution is -2.17. The molecule has 18 heavy (non-hydrogen) atoms. The second kappa shape index (κ2) is 5.85. The third-order valence-corrected chi connectivity index (χ3v) is 2.97. The molecule has 0 radical (unpaired) electrons. The minimum atomic E-state index is -0.311. The van der Waals surface area contributed by atoms with Crippen molar-refractivity contribution in [1.29, 1.82) is 0 Å². The Bertz CT molecular complexity index is 412. The van der Waals surface area contributed by atoms with Gasteiger partial charge >= 0.3 is 5.97 Å². The Labute approximate surface area is 108 Å². The summed E-state index contributed by atoms with van der Waals surface area (Å²) in [5.74, 6) is 0.403. The van der Waals surface area contributed by atoms with Crippen molar-refractivity contribution >= 4 is 11.8 Å². The van der Waals surface area contributed by atoms with E-state index in [1.54, 1.807) is 6.07 Å². The van der Waals surface area contributed by atoms with Gasteiger partial charge in [-0.2, -0.15) is 0 Å². The number of rotatable bonds is 4. The van der Waals surface area contributed by atoms with E-state index in [0.29, 0.717) is 17.6 Å². The lowest BCUT2D eigenvalue weighted by atomic mass is 10.3. The van der Waals surface area contributed by atoms with Gasteiger partial charge in [0.2, 0.25) is 0 Å². The predicted octanol–water partition coefficient (Wildman–Crippen LogP) is 3.00. The van der Waals surface area contributed by atoms with Crippen molar-refractivity contribution in [3.05, 3.63) is 23.9 Å². The number of aromatic nitrogens is 1. The van der Waals surface area contributed by atoms with Crippen LogP contribution in [-0.2, 0) is 4.74 Å². The molecule has 0 bridgehead atoms. The number of carbonyl (C=O) groups is 1. The van der Waals surface area contributed by atoms with Crippen LogP contribution in [-0.4, -0.2) is 23.1 Å². The highest BCUT2D eigenvalue weighted by Gasteiger charge is 2.20. The summed E-state index contributed by atoms with van der Waals surface area (Å²) in [5, 5.41) is 3.17. The Morgan fingerprint density at radius 2 is 2.11 bits per heavy atom. The van der Waals surface area contributed by atoms with Crippen molar-refractivity contribution < 1.29 is 9.53 Å². The smallest absolute Gasteiger partial charge is 0.357 e. The zero-order valence-electron chi connectivity index (χ0n) is 11.0. The number of hydrogen-bond donors (Lipinski definition) is 1. The fourth-order valence-corrected chi connectivity index (χ4v) is 2.14. The molecule has 0 aliphatic heterocycles. The molecule has 98 valence electrons. The van der Waals surface area contributed by atoms with E-state index in [9.17, 15) is 4.79 Å². The number of nitrogens with zero attached hydrogens (tertiary/aromatic N) is 1. The Morgan fingerprint density at radius 1 is 1.39 bits per heavy atom. The molecule has 0 atom stereocenters. The lowest BCUT2D eigenvalue weighted by molar-refractivity contribution is 0.0311. The van der Waals surface area contributed by atoms with Gasteiger partial charge in [-0.15, -0.1) is 0 Å². The lowest BCUT2D eigenvalue weighted by Gasteiger charge is -2.12. The Morgan fingerprint density at radius 3 is 2.78 bits per heavy atom. The Hall–Kier alpha value is -1.58. The maximum atomic E-state index is 11.9. The van der Waals surface area contributed by atoms with Crippen molar-refractivity contribution in [2.45, 2.75) is 51.7 Å². The first-order valence-corrected chi connectivity index (χ1v) is 6.60. The molecule has 0 saturated heterocycles. The van der Waals surface area contributed by atoms with E-state index in [2.05, 4.69) is 10.3 Å². The van der Waals surface area contributed by atoms with Gasteiger partial charge in [-0.05, 0) is 51.7 Å². The first-order chi connectivity index (χ1) is 8.65. The van der Waals surface area contributed by atoms with Crippen LogP contribution in [0, 0.1) is 0 Å². The number of pyridine rings is 1. The molecule has 2 rings (SSSR count). The molecule has 4 heteroatoms. The van der Waals surface area contributed by atoms with Crippen LogP contribution in [0.5, 0.6) is 0 Å². The summed E-state index contributed by atoms with van der Waals surface area (Å²) in [4.78, 5) is 16.2. The van der Waals surface area contributed by atoms with E-state index in [-0.39, 0.29) is 12.1 Å². The average Bonchev–Trinajstić information content (AvgIpc) is 2.81. The maximum absolute atomic E-state index is 11.9. The molecule has 1 fully saturated rings. The average molecular weight is 248 g/mol. The van der Waals surface area contributed by atoms with Gasteiger partial charge in [-0.25, -0.2) is 9.78 Å². The molecule has 0 spiro atoms. The summed E-state index contributed by atoms with van der Waals surface area (Å²) in [5.41, 5.74) is 0.382. The summed E-state index contributed by atoms with van der Waals surface area (Å²) in [7, 11) is 0. The molecule has 1 aromatic rings. The molecule has 0 unspecified atom stereocenters. The quantitative estimate of drug-likeness (QED) is 0.832. The zero-order chi connectivity index (χ0) is 13.0. The molecule has 4 nitrogen and oxygen atoms in total. The van der Waals surface area contributed by atoms with Crippen molar-refractivity contribution in [2.24, 2.45) is 0 Å². The molecule has 1 aliphatic rings.